The average Bonchev–Trinajstić information content (AvgIpc) is 2.46. The number of nitrogens with zero attached hydrogens (tertiary/aromatic N) is 3. The standard InChI is InChI=1S/C13H17ClN4O3/c1-8(2)15-12(19)10-7-21-6-5-18(10)13(20)9-3-4-11(14)17-16-9/h3-4,8,10H,5-7H2,1-2H3,(H,15,19). The van der Waals surface area contributed by atoms with Crippen LogP contribution in [0, 0.1) is 0 Å². The van der Waals surface area contributed by atoms with Crippen LogP contribution < -0.4 is 5.32 Å². The van der Waals surface area contributed by atoms with E-state index >= 15 is 0 Å². The molecule has 0 bridgehead atoms. The average molecular weight is 313 g/mol. The van der Waals surface area contributed by atoms with Crippen LogP contribution in [0.2, 0.25) is 5.15 Å². The molecule has 1 N–H and O–H groups in total. The highest BCUT2D eigenvalue weighted by atomic mass is 35.5. The zero-order chi connectivity index (χ0) is 15.4. The maximum Gasteiger partial charge on any atom is 0.275 e. The Hall–Kier alpha value is -1.73. The summed E-state index contributed by atoms with van der Waals surface area (Å²) in [4.78, 5) is 26.1. The predicted molar refractivity (Wildman–Crippen MR) is 76.0 cm³/mol. The zero-order valence-corrected chi connectivity index (χ0v) is 12.6. The summed E-state index contributed by atoms with van der Waals surface area (Å²) in [5, 5.41) is 10.4. The molecule has 0 saturated carbocycles. The lowest BCUT2D eigenvalue weighted by atomic mass is 10.1. The van der Waals surface area contributed by atoms with E-state index in [1.807, 2.05) is 13.8 Å². The normalized spacial score (nSPS) is 18.7. The van der Waals surface area contributed by atoms with E-state index in [1.165, 1.54) is 17.0 Å². The summed E-state index contributed by atoms with van der Waals surface area (Å²) < 4.78 is 5.31. The van der Waals surface area contributed by atoms with Crippen LogP contribution in [0.1, 0.15) is 24.3 Å². The van der Waals surface area contributed by atoms with Crippen LogP contribution in [0.5, 0.6) is 0 Å². The first-order valence-electron chi connectivity index (χ1n) is 6.67. The second-order valence-corrected chi connectivity index (χ2v) is 5.38. The fraction of sp³-hybridized carbons (Fsp3) is 0.538. The Bertz CT molecular complexity index is 521. The summed E-state index contributed by atoms with van der Waals surface area (Å²) in [6, 6.07) is 2.31. The van der Waals surface area contributed by atoms with E-state index < -0.39 is 6.04 Å². The summed E-state index contributed by atoms with van der Waals surface area (Å²) in [7, 11) is 0. The third-order valence-electron chi connectivity index (χ3n) is 2.97. The van der Waals surface area contributed by atoms with Crippen molar-refractivity contribution in [3.05, 3.63) is 23.0 Å². The van der Waals surface area contributed by atoms with Gasteiger partial charge in [-0.15, -0.1) is 10.2 Å². The highest BCUT2D eigenvalue weighted by Crippen LogP contribution is 2.12. The molecule has 0 radical (unpaired) electrons. The molecule has 1 saturated heterocycles. The van der Waals surface area contributed by atoms with Gasteiger partial charge in [0.1, 0.15) is 6.04 Å². The third-order valence-corrected chi connectivity index (χ3v) is 3.18. The van der Waals surface area contributed by atoms with Crippen molar-refractivity contribution in [1.29, 1.82) is 0 Å². The number of halogens is 1. The molecule has 1 aromatic rings. The van der Waals surface area contributed by atoms with Gasteiger partial charge in [-0.25, -0.2) is 0 Å². The Kier molecular flexibility index (Phi) is 5.08. The number of carbonyl (C=O) groups excluding carboxylic acids is 2. The van der Waals surface area contributed by atoms with Crippen molar-refractivity contribution in [2.24, 2.45) is 0 Å². The molecule has 2 heterocycles. The molecular weight excluding hydrogens is 296 g/mol. The number of rotatable bonds is 3. The molecule has 1 aliphatic rings. The maximum atomic E-state index is 12.5. The SMILES string of the molecule is CC(C)NC(=O)C1COCCN1C(=O)c1ccc(Cl)nn1. The zero-order valence-electron chi connectivity index (χ0n) is 11.9. The topological polar surface area (TPSA) is 84.4 Å². The van der Waals surface area contributed by atoms with Gasteiger partial charge in [0.05, 0.1) is 13.2 Å². The van der Waals surface area contributed by atoms with Crippen LogP contribution in [0.3, 0.4) is 0 Å². The van der Waals surface area contributed by atoms with Crippen molar-refractivity contribution < 1.29 is 14.3 Å². The molecule has 8 heteroatoms. The molecule has 1 unspecified atom stereocenters. The van der Waals surface area contributed by atoms with Crippen molar-refractivity contribution >= 4 is 23.4 Å². The van der Waals surface area contributed by atoms with Crippen LogP contribution in [0.25, 0.3) is 0 Å². The molecule has 2 amide bonds. The predicted octanol–water partition coefficient (Wildman–Crippen LogP) is 0.496. The first-order valence-corrected chi connectivity index (χ1v) is 7.05. The summed E-state index contributed by atoms with van der Waals surface area (Å²) in [5.74, 6) is -0.591. The van der Waals surface area contributed by atoms with E-state index in [-0.39, 0.29) is 35.3 Å². The third kappa shape index (κ3) is 3.89. The van der Waals surface area contributed by atoms with E-state index in [4.69, 9.17) is 16.3 Å². The van der Waals surface area contributed by atoms with E-state index in [2.05, 4.69) is 15.5 Å². The minimum absolute atomic E-state index is 0.00768. The second-order valence-electron chi connectivity index (χ2n) is 4.99. The number of carbonyl (C=O) groups is 2. The molecule has 0 aromatic carbocycles. The largest absolute Gasteiger partial charge is 0.377 e. The molecule has 0 aliphatic carbocycles. The molecule has 1 atom stereocenters. The number of nitrogens with one attached hydrogen (secondary N) is 1. The number of hydrogen-bond donors (Lipinski definition) is 1. The molecule has 1 aromatic heterocycles. The van der Waals surface area contributed by atoms with E-state index in [0.717, 1.165) is 0 Å². The number of ether oxygens (including phenoxy) is 1. The van der Waals surface area contributed by atoms with E-state index in [9.17, 15) is 9.59 Å². The van der Waals surface area contributed by atoms with Gasteiger partial charge in [0.15, 0.2) is 10.8 Å². The highest BCUT2D eigenvalue weighted by Gasteiger charge is 2.34. The van der Waals surface area contributed by atoms with Gasteiger partial charge >= 0.3 is 0 Å². The minimum Gasteiger partial charge on any atom is -0.377 e. The van der Waals surface area contributed by atoms with Crippen LogP contribution in [0.15, 0.2) is 12.1 Å². The molecule has 0 spiro atoms. The van der Waals surface area contributed by atoms with Gasteiger partial charge in [0.2, 0.25) is 5.91 Å². The Morgan fingerprint density at radius 3 is 2.81 bits per heavy atom. The first-order chi connectivity index (χ1) is 9.99. The lowest BCUT2D eigenvalue weighted by molar-refractivity contribution is -0.131. The summed E-state index contributed by atoms with van der Waals surface area (Å²) >= 11 is 5.66. The molecular formula is C13H17ClN4O3. The molecule has 21 heavy (non-hydrogen) atoms. The van der Waals surface area contributed by atoms with Crippen molar-refractivity contribution in [2.75, 3.05) is 19.8 Å². The van der Waals surface area contributed by atoms with Gasteiger partial charge in [-0.3, -0.25) is 9.59 Å². The highest BCUT2D eigenvalue weighted by molar-refractivity contribution is 6.29. The monoisotopic (exact) mass is 312 g/mol. The molecule has 1 fully saturated rings. The molecule has 114 valence electrons. The minimum atomic E-state index is -0.661. The van der Waals surface area contributed by atoms with Crippen molar-refractivity contribution in [1.82, 2.24) is 20.4 Å². The lowest BCUT2D eigenvalue weighted by Gasteiger charge is -2.34. The summed E-state index contributed by atoms with van der Waals surface area (Å²) in [5.41, 5.74) is 0.156. The lowest BCUT2D eigenvalue weighted by Crippen LogP contribution is -2.56. The van der Waals surface area contributed by atoms with Crippen LogP contribution in [-0.4, -0.2) is 58.8 Å². The fourth-order valence-corrected chi connectivity index (χ4v) is 2.12. The number of morpholine rings is 1. The van der Waals surface area contributed by atoms with Crippen LogP contribution in [0.4, 0.5) is 0 Å². The summed E-state index contributed by atoms with van der Waals surface area (Å²) in [6.07, 6.45) is 0. The summed E-state index contributed by atoms with van der Waals surface area (Å²) in [6.45, 7) is 4.61. The number of hydrogen-bond acceptors (Lipinski definition) is 5. The van der Waals surface area contributed by atoms with E-state index in [1.54, 1.807) is 0 Å². The van der Waals surface area contributed by atoms with Crippen LogP contribution >= 0.6 is 11.6 Å². The Labute approximate surface area is 127 Å². The second kappa shape index (κ2) is 6.82. The number of amides is 2. The smallest absolute Gasteiger partial charge is 0.275 e. The van der Waals surface area contributed by atoms with Gasteiger partial charge in [0.25, 0.3) is 5.91 Å². The maximum absolute atomic E-state index is 12.5. The van der Waals surface area contributed by atoms with Crippen molar-refractivity contribution in [3.8, 4) is 0 Å². The fourth-order valence-electron chi connectivity index (χ4n) is 2.02. The number of aromatic nitrogens is 2. The van der Waals surface area contributed by atoms with Gasteiger partial charge in [-0.05, 0) is 26.0 Å². The van der Waals surface area contributed by atoms with Gasteiger partial charge in [0, 0.05) is 12.6 Å². The van der Waals surface area contributed by atoms with Gasteiger partial charge in [-0.2, -0.15) is 0 Å². The first kappa shape index (κ1) is 15.7. The molecule has 1 aliphatic heterocycles. The Morgan fingerprint density at radius 2 is 2.19 bits per heavy atom. The molecule has 2 rings (SSSR count). The Balaban J connectivity index is 2.16. The van der Waals surface area contributed by atoms with Crippen molar-refractivity contribution in [2.45, 2.75) is 25.9 Å². The van der Waals surface area contributed by atoms with Crippen molar-refractivity contribution in [3.63, 3.8) is 0 Å². The van der Waals surface area contributed by atoms with Gasteiger partial charge in [-0.1, -0.05) is 11.6 Å². The quantitative estimate of drug-likeness (QED) is 0.878. The van der Waals surface area contributed by atoms with E-state index in [0.29, 0.717) is 13.2 Å². The van der Waals surface area contributed by atoms with Crippen LogP contribution in [-0.2, 0) is 9.53 Å². The Morgan fingerprint density at radius 1 is 1.43 bits per heavy atom. The molecule has 7 nitrogen and oxygen atoms in total. The van der Waals surface area contributed by atoms with Gasteiger partial charge < -0.3 is 15.0 Å².